The topological polar surface area (TPSA) is 103 Å². The fourth-order valence-corrected chi connectivity index (χ4v) is 1.49. The van der Waals surface area contributed by atoms with E-state index in [0.29, 0.717) is 0 Å². The Morgan fingerprint density at radius 2 is 2.19 bits per heavy atom. The van der Waals surface area contributed by atoms with Crippen molar-refractivity contribution in [1.29, 1.82) is 0 Å². The molecule has 0 radical (unpaired) electrons. The minimum atomic E-state index is -1.19. The van der Waals surface area contributed by atoms with Crippen molar-refractivity contribution in [3.05, 3.63) is 39.9 Å². The molecule has 0 fully saturated rings. The number of aromatic carboxylic acids is 1. The minimum Gasteiger partial charge on any atom is -0.478 e. The van der Waals surface area contributed by atoms with E-state index in [9.17, 15) is 9.59 Å². The number of H-pyrrole nitrogens is 1. The molecule has 0 saturated carbocycles. The number of aliphatic hydroxyl groups excluding tert-OH is 1. The molecule has 0 atom stereocenters. The van der Waals surface area contributed by atoms with Crippen LogP contribution in [0.3, 0.4) is 0 Å². The Labute approximate surface area is 89.2 Å². The monoisotopic (exact) mass is 220 g/mol. The zero-order chi connectivity index (χ0) is 11.7. The summed E-state index contributed by atoms with van der Waals surface area (Å²) in [6, 6.07) is 4.36. The standard InChI is InChI=1S/C10H8N2O4/c13-4-7-11-6-3-1-2-5(10(15)16)8(6)9(14)12-7/h1-3,13H,4H2,(H,15,16)(H,11,12,14). The fraction of sp³-hybridized carbons (Fsp3) is 0.100. The molecular formula is C10H8N2O4. The Morgan fingerprint density at radius 1 is 1.44 bits per heavy atom. The first-order chi connectivity index (χ1) is 7.63. The second-order valence-corrected chi connectivity index (χ2v) is 3.18. The summed E-state index contributed by atoms with van der Waals surface area (Å²) in [5.41, 5.74) is -0.407. The lowest BCUT2D eigenvalue weighted by Crippen LogP contribution is -2.15. The quantitative estimate of drug-likeness (QED) is 0.666. The molecule has 6 heteroatoms. The van der Waals surface area contributed by atoms with Crippen molar-refractivity contribution >= 4 is 16.9 Å². The third-order valence-corrected chi connectivity index (χ3v) is 2.16. The number of hydrogen-bond acceptors (Lipinski definition) is 4. The lowest BCUT2D eigenvalue weighted by Gasteiger charge is -2.02. The van der Waals surface area contributed by atoms with E-state index in [2.05, 4.69) is 9.97 Å². The lowest BCUT2D eigenvalue weighted by atomic mass is 10.1. The van der Waals surface area contributed by atoms with Gasteiger partial charge in [0.15, 0.2) is 0 Å². The number of carboxylic acids is 1. The molecule has 1 heterocycles. The number of rotatable bonds is 2. The van der Waals surface area contributed by atoms with Gasteiger partial charge in [-0.15, -0.1) is 0 Å². The number of benzene rings is 1. The molecule has 0 spiro atoms. The first-order valence-electron chi connectivity index (χ1n) is 4.49. The summed E-state index contributed by atoms with van der Waals surface area (Å²) in [6.07, 6.45) is 0. The molecule has 16 heavy (non-hydrogen) atoms. The number of nitrogens with zero attached hydrogens (tertiary/aromatic N) is 1. The number of fused-ring (bicyclic) bond motifs is 1. The van der Waals surface area contributed by atoms with Crippen molar-refractivity contribution < 1.29 is 15.0 Å². The number of aromatic amines is 1. The highest BCUT2D eigenvalue weighted by Gasteiger charge is 2.12. The molecule has 0 saturated heterocycles. The van der Waals surface area contributed by atoms with Gasteiger partial charge in [-0.3, -0.25) is 4.79 Å². The van der Waals surface area contributed by atoms with Crippen LogP contribution in [0, 0.1) is 0 Å². The average Bonchev–Trinajstić information content (AvgIpc) is 2.27. The van der Waals surface area contributed by atoms with Gasteiger partial charge in [-0.25, -0.2) is 9.78 Å². The molecule has 3 N–H and O–H groups in total. The molecule has 2 aromatic rings. The van der Waals surface area contributed by atoms with Crippen LogP contribution in [-0.4, -0.2) is 26.2 Å². The molecule has 1 aromatic carbocycles. The van der Waals surface area contributed by atoms with Crippen molar-refractivity contribution in [2.75, 3.05) is 0 Å². The predicted molar refractivity (Wildman–Crippen MR) is 55.2 cm³/mol. The smallest absolute Gasteiger partial charge is 0.336 e. The normalized spacial score (nSPS) is 10.6. The number of carbonyl (C=O) groups is 1. The molecule has 82 valence electrons. The van der Waals surface area contributed by atoms with Gasteiger partial charge in [0.2, 0.25) is 0 Å². The molecule has 0 unspecified atom stereocenters. The number of aliphatic hydroxyl groups is 1. The van der Waals surface area contributed by atoms with Crippen LogP contribution in [0.4, 0.5) is 0 Å². The van der Waals surface area contributed by atoms with Crippen LogP contribution in [0.15, 0.2) is 23.0 Å². The maximum absolute atomic E-state index is 11.6. The molecule has 0 aliphatic carbocycles. The van der Waals surface area contributed by atoms with Crippen LogP contribution >= 0.6 is 0 Å². The van der Waals surface area contributed by atoms with Gasteiger partial charge in [0.1, 0.15) is 12.4 Å². The van der Waals surface area contributed by atoms with Crippen LogP contribution in [0.1, 0.15) is 16.2 Å². The summed E-state index contributed by atoms with van der Waals surface area (Å²) in [7, 11) is 0. The third-order valence-electron chi connectivity index (χ3n) is 2.16. The van der Waals surface area contributed by atoms with Crippen molar-refractivity contribution in [2.45, 2.75) is 6.61 Å². The Balaban J connectivity index is 2.89. The van der Waals surface area contributed by atoms with Gasteiger partial charge in [-0.2, -0.15) is 0 Å². The average molecular weight is 220 g/mol. The number of hydrogen-bond donors (Lipinski definition) is 3. The van der Waals surface area contributed by atoms with E-state index in [-0.39, 0.29) is 22.3 Å². The fourth-order valence-electron chi connectivity index (χ4n) is 1.49. The SMILES string of the molecule is O=C(O)c1cccc2nc(CO)[nH]c(=O)c12. The Bertz CT molecular complexity index is 618. The van der Waals surface area contributed by atoms with Crippen molar-refractivity contribution in [3.8, 4) is 0 Å². The molecule has 0 amide bonds. The highest BCUT2D eigenvalue weighted by Crippen LogP contribution is 2.12. The van der Waals surface area contributed by atoms with Crippen molar-refractivity contribution in [2.24, 2.45) is 0 Å². The van der Waals surface area contributed by atoms with Gasteiger partial charge in [0, 0.05) is 0 Å². The highest BCUT2D eigenvalue weighted by molar-refractivity contribution is 6.02. The first-order valence-corrected chi connectivity index (χ1v) is 4.49. The van der Waals surface area contributed by atoms with Crippen LogP contribution in [0.5, 0.6) is 0 Å². The summed E-state index contributed by atoms with van der Waals surface area (Å²) in [5.74, 6) is -1.07. The molecular weight excluding hydrogens is 212 g/mol. The van der Waals surface area contributed by atoms with Gasteiger partial charge in [0.25, 0.3) is 5.56 Å². The van der Waals surface area contributed by atoms with Crippen molar-refractivity contribution in [3.63, 3.8) is 0 Å². The Kier molecular flexibility index (Phi) is 2.41. The van der Waals surface area contributed by atoms with E-state index in [1.165, 1.54) is 18.2 Å². The van der Waals surface area contributed by atoms with Gasteiger partial charge >= 0.3 is 5.97 Å². The predicted octanol–water partition coefficient (Wildman–Crippen LogP) is 0.114. The molecule has 2 rings (SSSR count). The number of carboxylic acid groups (broad SMARTS) is 1. The highest BCUT2D eigenvalue weighted by atomic mass is 16.4. The van der Waals surface area contributed by atoms with E-state index in [4.69, 9.17) is 10.2 Å². The second kappa shape index (κ2) is 3.74. The molecule has 1 aromatic heterocycles. The van der Waals surface area contributed by atoms with E-state index in [0.717, 1.165) is 0 Å². The minimum absolute atomic E-state index is 0.0206. The maximum atomic E-state index is 11.6. The Morgan fingerprint density at radius 3 is 2.81 bits per heavy atom. The van der Waals surface area contributed by atoms with Gasteiger partial charge in [-0.1, -0.05) is 6.07 Å². The van der Waals surface area contributed by atoms with Gasteiger partial charge in [0.05, 0.1) is 16.5 Å². The molecule has 6 nitrogen and oxygen atoms in total. The van der Waals surface area contributed by atoms with Crippen LogP contribution < -0.4 is 5.56 Å². The largest absolute Gasteiger partial charge is 0.478 e. The van der Waals surface area contributed by atoms with Crippen LogP contribution in [0.2, 0.25) is 0 Å². The van der Waals surface area contributed by atoms with Gasteiger partial charge < -0.3 is 15.2 Å². The van der Waals surface area contributed by atoms with Crippen molar-refractivity contribution in [1.82, 2.24) is 9.97 Å². The van der Waals surface area contributed by atoms with E-state index < -0.39 is 18.1 Å². The third kappa shape index (κ3) is 1.55. The van der Waals surface area contributed by atoms with E-state index in [1.54, 1.807) is 0 Å². The molecule has 0 bridgehead atoms. The summed E-state index contributed by atoms with van der Waals surface area (Å²) < 4.78 is 0. The maximum Gasteiger partial charge on any atom is 0.336 e. The second-order valence-electron chi connectivity index (χ2n) is 3.18. The van der Waals surface area contributed by atoms with E-state index >= 15 is 0 Å². The lowest BCUT2D eigenvalue weighted by molar-refractivity contribution is 0.0699. The summed E-state index contributed by atoms with van der Waals surface area (Å²) in [6.45, 7) is -0.400. The van der Waals surface area contributed by atoms with Crippen LogP contribution in [-0.2, 0) is 6.61 Å². The molecule has 0 aliphatic heterocycles. The summed E-state index contributed by atoms with van der Waals surface area (Å²) in [5, 5.41) is 17.8. The van der Waals surface area contributed by atoms with Gasteiger partial charge in [-0.05, 0) is 12.1 Å². The first kappa shape index (κ1) is 10.3. The molecule has 0 aliphatic rings. The van der Waals surface area contributed by atoms with Crippen LogP contribution in [0.25, 0.3) is 10.9 Å². The summed E-state index contributed by atoms with van der Waals surface area (Å²) >= 11 is 0. The Hall–Kier alpha value is -2.21. The zero-order valence-electron chi connectivity index (χ0n) is 8.10. The van der Waals surface area contributed by atoms with E-state index in [1.807, 2.05) is 0 Å². The number of aromatic nitrogens is 2. The zero-order valence-corrected chi connectivity index (χ0v) is 8.10. The number of nitrogens with one attached hydrogen (secondary N) is 1. The summed E-state index contributed by atoms with van der Waals surface area (Å²) in [4.78, 5) is 28.7.